The van der Waals surface area contributed by atoms with Gasteiger partial charge < -0.3 is 14.8 Å². The van der Waals surface area contributed by atoms with Crippen LogP contribution in [0, 0.1) is 13.8 Å². The van der Waals surface area contributed by atoms with Crippen molar-refractivity contribution in [3.8, 4) is 11.5 Å². The highest BCUT2D eigenvalue weighted by Crippen LogP contribution is 2.38. The molecule has 0 saturated heterocycles. The summed E-state index contributed by atoms with van der Waals surface area (Å²) in [4.78, 5) is 13.2. The summed E-state index contributed by atoms with van der Waals surface area (Å²) in [6, 6.07) is 18.9. The Bertz CT molecular complexity index is 1250. The van der Waals surface area contributed by atoms with Crippen molar-refractivity contribution in [2.24, 2.45) is 0 Å². The summed E-state index contributed by atoms with van der Waals surface area (Å²) in [6.07, 6.45) is -1.02. The number of aryl methyl sites for hydroxylation is 2. The fourth-order valence-electron chi connectivity index (χ4n) is 3.59. The molecule has 1 N–H and O–H groups in total. The molecule has 1 aliphatic heterocycles. The van der Waals surface area contributed by atoms with Crippen molar-refractivity contribution in [3.05, 3.63) is 77.9 Å². The lowest BCUT2D eigenvalue weighted by Crippen LogP contribution is -2.48. The monoisotopic (exact) mass is 466 g/mol. The van der Waals surface area contributed by atoms with Crippen LogP contribution in [-0.2, 0) is 14.8 Å². The first-order chi connectivity index (χ1) is 15.8. The number of benzene rings is 3. The van der Waals surface area contributed by atoms with Gasteiger partial charge in [-0.25, -0.2) is 8.42 Å². The van der Waals surface area contributed by atoms with Gasteiger partial charge in [-0.15, -0.1) is 0 Å². The Hall–Kier alpha value is -3.52. The van der Waals surface area contributed by atoms with Crippen LogP contribution < -0.4 is 19.1 Å². The van der Waals surface area contributed by atoms with Gasteiger partial charge in [0.15, 0.2) is 6.10 Å². The minimum Gasteiger partial charge on any atom is -0.494 e. The zero-order valence-electron chi connectivity index (χ0n) is 18.7. The van der Waals surface area contributed by atoms with Crippen LogP contribution >= 0.6 is 0 Å². The minimum absolute atomic E-state index is 0.144. The Morgan fingerprint density at radius 2 is 1.70 bits per heavy atom. The normalized spacial score (nSPS) is 15.4. The van der Waals surface area contributed by atoms with Gasteiger partial charge in [-0.2, -0.15) is 0 Å². The van der Waals surface area contributed by atoms with Crippen molar-refractivity contribution in [1.82, 2.24) is 0 Å². The molecule has 8 heteroatoms. The van der Waals surface area contributed by atoms with E-state index in [-0.39, 0.29) is 11.4 Å². The third-order valence-electron chi connectivity index (χ3n) is 5.32. The van der Waals surface area contributed by atoms with Crippen LogP contribution in [0.25, 0.3) is 0 Å². The van der Waals surface area contributed by atoms with Gasteiger partial charge in [-0.3, -0.25) is 9.10 Å². The highest BCUT2D eigenvalue weighted by Gasteiger charge is 2.37. The molecular formula is C25H26N2O5S. The molecule has 1 aliphatic rings. The van der Waals surface area contributed by atoms with E-state index in [1.807, 2.05) is 26.8 Å². The lowest BCUT2D eigenvalue weighted by molar-refractivity contribution is -0.122. The fourth-order valence-corrected chi connectivity index (χ4v) is 5.06. The summed E-state index contributed by atoms with van der Waals surface area (Å²) >= 11 is 0. The number of rotatable bonds is 6. The molecule has 1 atom stereocenters. The standard InChI is InChI=1S/C25H26N2O5S/c1-4-31-20-10-8-19(9-11-20)26-25(28)24-16-27(22-14-7-18(3)15-23(22)32-24)33(29,30)21-12-5-17(2)6-13-21/h5-15,24H,4,16H2,1-3H3,(H,26,28)/t24-/m0/s1. The van der Waals surface area contributed by atoms with Gasteiger partial charge in [-0.1, -0.05) is 23.8 Å². The summed E-state index contributed by atoms with van der Waals surface area (Å²) in [5.41, 5.74) is 2.83. The summed E-state index contributed by atoms with van der Waals surface area (Å²) in [7, 11) is -3.90. The smallest absolute Gasteiger partial charge is 0.267 e. The predicted molar refractivity (Wildman–Crippen MR) is 128 cm³/mol. The third kappa shape index (κ3) is 4.80. The molecule has 0 spiro atoms. The van der Waals surface area contributed by atoms with Crippen LogP contribution in [0.15, 0.2) is 71.6 Å². The van der Waals surface area contributed by atoms with Crippen molar-refractivity contribution in [2.45, 2.75) is 31.8 Å². The van der Waals surface area contributed by atoms with Crippen molar-refractivity contribution in [1.29, 1.82) is 0 Å². The van der Waals surface area contributed by atoms with E-state index < -0.39 is 22.0 Å². The number of ether oxygens (including phenoxy) is 2. The van der Waals surface area contributed by atoms with Gasteiger partial charge in [0.1, 0.15) is 11.5 Å². The van der Waals surface area contributed by atoms with E-state index >= 15 is 0 Å². The van der Waals surface area contributed by atoms with E-state index in [0.29, 0.717) is 29.5 Å². The van der Waals surface area contributed by atoms with Crippen molar-refractivity contribution in [2.75, 3.05) is 22.8 Å². The van der Waals surface area contributed by atoms with Crippen LogP contribution in [0.2, 0.25) is 0 Å². The van der Waals surface area contributed by atoms with Gasteiger partial charge in [0.25, 0.3) is 15.9 Å². The molecule has 0 aliphatic carbocycles. The van der Waals surface area contributed by atoms with E-state index in [4.69, 9.17) is 9.47 Å². The molecule has 1 amide bonds. The van der Waals surface area contributed by atoms with E-state index in [1.54, 1.807) is 60.7 Å². The summed E-state index contributed by atoms with van der Waals surface area (Å²) in [5.74, 6) is 0.614. The second-order valence-electron chi connectivity index (χ2n) is 7.87. The van der Waals surface area contributed by atoms with Crippen LogP contribution in [0.1, 0.15) is 18.1 Å². The van der Waals surface area contributed by atoms with Crippen LogP contribution in [0.5, 0.6) is 11.5 Å². The van der Waals surface area contributed by atoms with Crippen molar-refractivity contribution in [3.63, 3.8) is 0 Å². The number of amides is 1. The Labute approximate surface area is 194 Å². The topological polar surface area (TPSA) is 84.9 Å². The molecule has 3 aromatic rings. The quantitative estimate of drug-likeness (QED) is 0.586. The third-order valence-corrected chi connectivity index (χ3v) is 7.11. The average molecular weight is 467 g/mol. The lowest BCUT2D eigenvalue weighted by Gasteiger charge is -2.35. The fraction of sp³-hybridized carbons (Fsp3) is 0.240. The minimum atomic E-state index is -3.90. The molecule has 0 radical (unpaired) electrons. The second kappa shape index (κ2) is 9.15. The molecular weight excluding hydrogens is 440 g/mol. The average Bonchev–Trinajstić information content (AvgIpc) is 2.79. The number of anilines is 2. The van der Waals surface area contributed by atoms with E-state index in [1.165, 1.54) is 4.31 Å². The number of carbonyl (C=O) groups excluding carboxylic acids is 1. The Balaban J connectivity index is 1.63. The van der Waals surface area contributed by atoms with Gasteiger partial charge in [0.2, 0.25) is 0 Å². The predicted octanol–water partition coefficient (Wildman–Crippen LogP) is 4.30. The number of nitrogens with zero attached hydrogens (tertiary/aromatic N) is 1. The van der Waals surface area contributed by atoms with Crippen LogP contribution in [0.4, 0.5) is 11.4 Å². The molecule has 0 bridgehead atoms. The Morgan fingerprint density at radius 1 is 1.03 bits per heavy atom. The molecule has 3 aromatic carbocycles. The molecule has 33 heavy (non-hydrogen) atoms. The first-order valence-electron chi connectivity index (χ1n) is 10.7. The molecule has 0 unspecified atom stereocenters. The lowest BCUT2D eigenvalue weighted by atomic mass is 10.1. The molecule has 0 saturated carbocycles. The SMILES string of the molecule is CCOc1ccc(NC(=O)[C@@H]2CN(S(=O)(=O)c3ccc(C)cc3)c3ccc(C)cc3O2)cc1. The zero-order valence-corrected chi connectivity index (χ0v) is 19.6. The molecule has 4 rings (SSSR count). The molecule has 172 valence electrons. The second-order valence-corrected chi connectivity index (χ2v) is 9.74. The number of sulfonamides is 1. The maximum Gasteiger partial charge on any atom is 0.267 e. The van der Waals surface area contributed by atoms with Crippen molar-refractivity contribution >= 4 is 27.3 Å². The Morgan fingerprint density at radius 3 is 2.36 bits per heavy atom. The summed E-state index contributed by atoms with van der Waals surface area (Å²) < 4.78 is 39.6. The maximum atomic E-state index is 13.5. The first-order valence-corrected chi connectivity index (χ1v) is 12.1. The maximum absolute atomic E-state index is 13.5. The van der Waals surface area contributed by atoms with Crippen molar-refractivity contribution < 1.29 is 22.7 Å². The van der Waals surface area contributed by atoms with Gasteiger partial charge in [-0.05, 0) is 74.9 Å². The van der Waals surface area contributed by atoms with Gasteiger partial charge in [0, 0.05) is 5.69 Å². The Kier molecular flexibility index (Phi) is 6.29. The summed E-state index contributed by atoms with van der Waals surface area (Å²) in [5, 5.41) is 2.80. The first kappa shape index (κ1) is 22.7. The van der Waals surface area contributed by atoms with E-state index in [2.05, 4.69) is 5.32 Å². The summed E-state index contributed by atoms with van der Waals surface area (Å²) in [6.45, 7) is 6.07. The number of fused-ring (bicyclic) bond motifs is 1. The van der Waals surface area contributed by atoms with Crippen LogP contribution in [0.3, 0.4) is 0 Å². The van der Waals surface area contributed by atoms with Gasteiger partial charge >= 0.3 is 0 Å². The van der Waals surface area contributed by atoms with E-state index in [0.717, 1.165) is 11.1 Å². The number of hydrogen-bond acceptors (Lipinski definition) is 5. The van der Waals surface area contributed by atoms with Gasteiger partial charge in [0.05, 0.1) is 23.7 Å². The highest BCUT2D eigenvalue weighted by molar-refractivity contribution is 7.92. The molecule has 0 aromatic heterocycles. The zero-order chi connectivity index (χ0) is 23.6. The number of hydrogen-bond donors (Lipinski definition) is 1. The number of nitrogens with one attached hydrogen (secondary N) is 1. The van der Waals surface area contributed by atoms with E-state index in [9.17, 15) is 13.2 Å². The molecule has 0 fully saturated rings. The largest absolute Gasteiger partial charge is 0.494 e. The number of carbonyl (C=O) groups is 1. The molecule has 1 heterocycles. The highest BCUT2D eigenvalue weighted by atomic mass is 32.2. The van der Waals surface area contributed by atoms with Crippen LogP contribution in [-0.4, -0.2) is 33.6 Å². The molecule has 7 nitrogen and oxygen atoms in total.